The topological polar surface area (TPSA) is 86.5 Å². The van der Waals surface area contributed by atoms with Crippen LogP contribution in [0.3, 0.4) is 0 Å². The van der Waals surface area contributed by atoms with Gasteiger partial charge in [-0.25, -0.2) is 9.79 Å². The molecule has 1 aliphatic heterocycles. The first kappa shape index (κ1) is 25.3. The molecule has 1 N–H and O–H groups in total. The van der Waals surface area contributed by atoms with Crippen LogP contribution in [0, 0.1) is 5.92 Å². The van der Waals surface area contributed by atoms with Crippen LogP contribution in [-0.2, 0) is 4.79 Å². The van der Waals surface area contributed by atoms with Gasteiger partial charge < -0.3 is 10.2 Å². The van der Waals surface area contributed by atoms with Gasteiger partial charge in [-0.3, -0.25) is 9.79 Å². The number of nitrogens with zero attached hydrogens (tertiary/aromatic N) is 4. The molecule has 1 aliphatic rings. The van der Waals surface area contributed by atoms with Crippen molar-refractivity contribution >= 4 is 40.8 Å². The van der Waals surface area contributed by atoms with Crippen LogP contribution in [0.4, 0.5) is 4.79 Å². The highest BCUT2D eigenvalue weighted by molar-refractivity contribution is 8.14. The summed E-state index contributed by atoms with van der Waals surface area (Å²) >= 11 is 1.34. The largest absolute Gasteiger partial charge is 0.341 e. The van der Waals surface area contributed by atoms with Gasteiger partial charge >= 0.3 is 6.03 Å². The second-order valence-electron chi connectivity index (χ2n) is 7.28. The average molecular weight is 424 g/mol. The molecule has 0 saturated carbocycles. The van der Waals surface area contributed by atoms with Crippen LogP contribution in [0.1, 0.15) is 65.7 Å². The standard InChI is InChI=1S/C21H37N5O2S/c1-5-7-12-23-20(22-4)26-14-10-18(11-15-26)9-13-24-21(28)25-17(3)29-16-19(27)8-6-2/h12,18H,5-11,13-16H2,1-4H3,(H,24,28)/b22-20+,23-12-,25-17-. The van der Waals surface area contributed by atoms with Crippen LogP contribution in [0.15, 0.2) is 15.0 Å². The monoisotopic (exact) mass is 423 g/mol. The third kappa shape index (κ3) is 11.2. The van der Waals surface area contributed by atoms with E-state index >= 15 is 0 Å². The highest BCUT2D eigenvalue weighted by Crippen LogP contribution is 2.20. The first-order valence-corrected chi connectivity index (χ1v) is 11.7. The molecule has 0 aliphatic carbocycles. The molecule has 1 saturated heterocycles. The maximum absolute atomic E-state index is 11.9. The van der Waals surface area contributed by atoms with Crippen molar-refractivity contribution in [3.8, 4) is 0 Å². The minimum absolute atomic E-state index is 0.200. The summed E-state index contributed by atoms with van der Waals surface area (Å²) in [6.45, 7) is 8.43. The van der Waals surface area contributed by atoms with Crippen molar-refractivity contribution < 1.29 is 9.59 Å². The fourth-order valence-corrected chi connectivity index (χ4v) is 3.77. The number of amides is 2. The number of thioether (sulfide) groups is 1. The van der Waals surface area contributed by atoms with E-state index in [0.29, 0.717) is 29.7 Å². The highest BCUT2D eigenvalue weighted by Gasteiger charge is 2.21. The van der Waals surface area contributed by atoms with E-state index in [-0.39, 0.29) is 11.8 Å². The molecule has 1 rings (SSSR count). The predicted molar refractivity (Wildman–Crippen MR) is 125 cm³/mol. The van der Waals surface area contributed by atoms with Gasteiger partial charge in [-0.05, 0) is 44.9 Å². The molecule has 8 heteroatoms. The number of nitrogens with one attached hydrogen (secondary N) is 1. The van der Waals surface area contributed by atoms with E-state index in [4.69, 9.17) is 0 Å². The fourth-order valence-electron chi connectivity index (χ4n) is 3.11. The minimum Gasteiger partial charge on any atom is -0.341 e. The molecule has 29 heavy (non-hydrogen) atoms. The van der Waals surface area contributed by atoms with E-state index in [2.05, 4.69) is 32.1 Å². The maximum atomic E-state index is 11.9. The van der Waals surface area contributed by atoms with Gasteiger partial charge in [0.25, 0.3) is 0 Å². The van der Waals surface area contributed by atoms with E-state index in [1.807, 2.05) is 13.1 Å². The first-order chi connectivity index (χ1) is 14.0. The summed E-state index contributed by atoms with van der Waals surface area (Å²) in [5.74, 6) is 2.01. The zero-order chi connectivity index (χ0) is 21.5. The SMILES string of the molecule is CCC/C=N\C(=N/C)N1CCC(CCNC(=O)/N=C(/C)SCC(=O)CCC)CC1. The van der Waals surface area contributed by atoms with Crippen molar-refractivity contribution in [1.29, 1.82) is 0 Å². The lowest BCUT2D eigenvalue weighted by atomic mass is 9.94. The Bertz CT molecular complexity index is 596. The Morgan fingerprint density at radius 1 is 1.21 bits per heavy atom. The van der Waals surface area contributed by atoms with Crippen LogP contribution in [0.25, 0.3) is 0 Å². The second-order valence-corrected chi connectivity index (χ2v) is 8.45. The number of ketones is 1. The lowest BCUT2D eigenvalue weighted by molar-refractivity contribution is -0.116. The van der Waals surface area contributed by atoms with Crippen LogP contribution >= 0.6 is 11.8 Å². The Hall–Kier alpha value is -1.70. The molecule has 0 aromatic carbocycles. The van der Waals surface area contributed by atoms with Crippen molar-refractivity contribution in [2.24, 2.45) is 20.9 Å². The minimum atomic E-state index is -0.318. The zero-order valence-electron chi connectivity index (χ0n) is 18.4. The Morgan fingerprint density at radius 3 is 2.55 bits per heavy atom. The number of hydrogen-bond acceptors (Lipinski definition) is 4. The molecule has 7 nitrogen and oxygen atoms in total. The zero-order valence-corrected chi connectivity index (χ0v) is 19.3. The molecule has 0 spiro atoms. The van der Waals surface area contributed by atoms with Crippen molar-refractivity contribution in [2.45, 2.75) is 65.7 Å². The second kappa shape index (κ2) is 15.2. The lowest BCUT2D eigenvalue weighted by Crippen LogP contribution is -2.38. The summed E-state index contributed by atoms with van der Waals surface area (Å²) in [6.07, 6.45) is 8.57. The number of urea groups is 1. The average Bonchev–Trinajstić information content (AvgIpc) is 2.71. The van der Waals surface area contributed by atoms with Crippen LogP contribution in [0.2, 0.25) is 0 Å². The summed E-state index contributed by atoms with van der Waals surface area (Å²) in [6, 6.07) is -0.318. The van der Waals surface area contributed by atoms with Crippen molar-refractivity contribution in [3.05, 3.63) is 0 Å². The van der Waals surface area contributed by atoms with E-state index in [9.17, 15) is 9.59 Å². The Labute approximate surface area is 179 Å². The third-order valence-corrected chi connectivity index (χ3v) is 5.76. The molecule has 1 heterocycles. The van der Waals surface area contributed by atoms with Gasteiger partial charge in [-0.15, -0.1) is 11.8 Å². The van der Waals surface area contributed by atoms with Crippen molar-refractivity contribution in [3.63, 3.8) is 0 Å². The summed E-state index contributed by atoms with van der Waals surface area (Å²) in [5.41, 5.74) is 0. The number of guanidine groups is 1. The maximum Gasteiger partial charge on any atom is 0.341 e. The molecule has 2 amide bonds. The number of rotatable bonds is 9. The van der Waals surface area contributed by atoms with Gasteiger partial charge in [-0.1, -0.05) is 20.3 Å². The quantitative estimate of drug-likeness (QED) is 0.445. The molecule has 1 fully saturated rings. The first-order valence-electron chi connectivity index (χ1n) is 10.7. The number of piperidine rings is 1. The number of carbonyl (C=O) groups is 2. The lowest BCUT2D eigenvalue weighted by Gasteiger charge is -2.32. The number of hydrogen-bond donors (Lipinski definition) is 1. The van der Waals surface area contributed by atoms with Gasteiger partial charge in [0.1, 0.15) is 5.78 Å². The molecule has 0 aromatic heterocycles. The molecule has 0 unspecified atom stereocenters. The summed E-state index contributed by atoms with van der Waals surface area (Å²) in [4.78, 5) is 38.5. The van der Waals surface area contributed by atoms with Gasteiger partial charge in [0.15, 0.2) is 0 Å². The van der Waals surface area contributed by atoms with E-state index < -0.39 is 0 Å². The Kier molecular flexibility index (Phi) is 13.3. The fraction of sp³-hybridized carbons (Fsp3) is 0.762. The van der Waals surface area contributed by atoms with Gasteiger partial charge in [0.2, 0.25) is 5.96 Å². The summed E-state index contributed by atoms with van der Waals surface area (Å²) < 4.78 is 0. The molecular formula is C21H37N5O2S. The molecule has 0 bridgehead atoms. The number of aliphatic imine (C=N–C) groups is 3. The van der Waals surface area contributed by atoms with E-state index in [0.717, 1.165) is 57.6 Å². The molecule has 0 radical (unpaired) electrons. The van der Waals surface area contributed by atoms with Gasteiger partial charge in [-0.2, -0.15) is 4.99 Å². The smallest absolute Gasteiger partial charge is 0.341 e. The predicted octanol–water partition coefficient (Wildman–Crippen LogP) is 4.18. The molecular weight excluding hydrogens is 386 g/mol. The van der Waals surface area contributed by atoms with Crippen LogP contribution in [-0.4, -0.2) is 66.4 Å². The molecule has 0 aromatic rings. The van der Waals surface area contributed by atoms with Crippen molar-refractivity contribution in [1.82, 2.24) is 10.2 Å². The third-order valence-electron chi connectivity index (χ3n) is 4.78. The van der Waals surface area contributed by atoms with Crippen LogP contribution < -0.4 is 5.32 Å². The van der Waals surface area contributed by atoms with E-state index in [1.54, 1.807) is 14.0 Å². The summed E-state index contributed by atoms with van der Waals surface area (Å²) in [7, 11) is 1.79. The Morgan fingerprint density at radius 2 is 1.93 bits per heavy atom. The molecule has 0 atom stereocenters. The van der Waals surface area contributed by atoms with Crippen molar-refractivity contribution in [2.75, 3.05) is 32.4 Å². The Balaban J connectivity index is 2.26. The normalized spacial score (nSPS) is 16.5. The number of unbranched alkanes of at least 4 members (excludes halogenated alkanes) is 1. The highest BCUT2D eigenvalue weighted by atomic mass is 32.2. The summed E-state index contributed by atoms with van der Waals surface area (Å²) in [5, 5.41) is 3.50. The number of carbonyl (C=O) groups excluding carboxylic acids is 2. The molecule has 164 valence electrons. The number of Topliss-reactive ketones (excluding diaryl/α,β-unsaturated/α-hetero) is 1. The van der Waals surface area contributed by atoms with E-state index in [1.165, 1.54) is 11.8 Å². The van der Waals surface area contributed by atoms with Gasteiger partial charge in [0, 0.05) is 39.3 Å². The van der Waals surface area contributed by atoms with Gasteiger partial charge in [0.05, 0.1) is 10.8 Å². The van der Waals surface area contributed by atoms with Crippen LogP contribution in [0.5, 0.6) is 0 Å². The number of likely N-dealkylation sites (tertiary alicyclic amines) is 1.